The maximum atomic E-state index is 6.15. The Morgan fingerprint density at radius 1 is 0.390 bits per heavy atom. The van der Waals surface area contributed by atoms with E-state index in [2.05, 4.69) is 170 Å². The first-order chi connectivity index (χ1) is 29.0. The summed E-state index contributed by atoms with van der Waals surface area (Å²) in [5, 5.41) is 4.67. The third-order valence-corrected chi connectivity index (χ3v) is 12.3. The molecule has 11 aromatic rings. The summed E-state index contributed by atoms with van der Waals surface area (Å²) in [6.07, 6.45) is 0. The molecular formula is C54H36N4O. The molecule has 0 N–H and O–H groups in total. The van der Waals surface area contributed by atoms with Crippen LogP contribution in [0.15, 0.2) is 186 Å². The van der Waals surface area contributed by atoms with Gasteiger partial charge in [-0.3, -0.25) is 0 Å². The van der Waals surface area contributed by atoms with E-state index in [0.717, 1.165) is 66.5 Å². The van der Waals surface area contributed by atoms with Crippen LogP contribution in [0.3, 0.4) is 0 Å². The predicted molar refractivity (Wildman–Crippen MR) is 241 cm³/mol. The van der Waals surface area contributed by atoms with Gasteiger partial charge in [-0.05, 0) is 94.0 Å². The van der Waals surface area contributed by atoms with Crippen LogP contribution in [-0.4, -0.2) is 19.5 Å². The van der Waals surface area contributed by atoms with Crippen molar-refractivity contribution in [3.05, 3.63) is 193 Å². The summed E-state index contributed by atoms with van der Waals surface area (Å²) in [4.78, 5) is 15.3. The molecular weight excluding hydrogens is 721 g/mol. The molecule has 0 saturated heterocycles. The van der Waals surface area contributed by atoms with Gasteiger partial charge in [0.1, 0.15) is 11.2 Å². The van der Waals surface area contributed by atoms with Crippen LogP contribution in [0, 0.1) is 0 Å². The Balaban J connectivity index is 0.970. The van der Waals surface area contributed by atoms with E-state index < -0.39 is 0 Å². The van der Waals surface area contributed by atoms with Gasteiger partial charge in [0, 0.05) is 49.3 Å². The van der Waals surface area contributed by atoms with Crippen LogP contribution in [0.5, 0.6) is 0 Å². The Morgan fingerprint density at radius 3 is 1.80 bits per heavy atom. The minimum atomic E-state index is -0.133. The van der Waals surface area contributed by atoms with Crippen molar-refractivity contribution in [3.8, 4) is 62.1 Å². The Bertz CT molecular complexity index is 3470. The number of benzene rings is 8. The average Bonchev–Trinajstić information content (AvgIpc) is 3.91. The zero-order chi connectivity index (χ0) is 39.2. The van der Waals surface area contributed by atoms with Gasteiger partial charge in [0.2, 0.25) is 0 Å². The van der Waals surface area contributed by atoms with Gasteiger partial charge in [-0.15, -0.1) is 0 Å². The smallest absolute Gasteiger partial charge is 0.164 e. The van der Waals surface area contributed by atoms with Crippen molar-refractivity contribution in [1.82, 2.24) is 19.5 Å². The van der Waals surface area contributed by atoms with Crippen LogP contribution in [-0.2, 0) is 5.41 Å². The van der Waals surface area contributed by atoms with Crippen molar-refractivity contribution in [2.75, 3.05) is 0 Å². The molecule has 12 rings (SSSR count). The molecule has 278 valence electrons. The fourth-order valence-corrected chi connectivity index (χ4v) is 9.29. The molecule has 0 fully saturated rings. The number of fused-ring (bicyclic) bond motifs is 9. The van der Waals surface area contributed by atoms with Gasteiger partial charge in [-0.2, -0.15) is 0 Å². The van der Waals surface area contributed by atoms with Crippen LogP contribution in [0.1, 0.15) is 25.0 Å². The van der Waals surface area contributed by atoms with Gasteiger partial charge in [0.25, 0.3) is 0 Å². The molecule has 0 radical (unpaired) electrons. The van der Waals surface area contributed by atoms with E-state index in [1.165, 1.54) is 33.0 Å². The fraction of sp³-hybridized carbons (Fsp3) is 0.0556. The summed E-state index contributed by atoms with van der Waals surface area (Å²) in [6, 6.07) is 64.4. The highest BCUT2D eigenvalue weighted by Gasteiger charge is 2.35. The highest BCUT2D eigenvalue weighted by Crippen LogP contribution is 2.49. The highest BCUT2D eigenvalue weighted by molar-refractivity contribution is 6.11. The first kappa shape index (κ1) is 33.5. The number of rotatable bonds is 5. The molecule has 8 aromatic carbocycles. The number of nitrogens with zero attached hydrogens (tertiary/aromatic N) is 4. The molecule has 0 atom stereocenters. The molecule has 0 bridgehead atoms. The summed E-state index contributed by atoms with van der Waals surface area (Å²) < 4.78 is 8.51. The van der Waals surface area contributed by atoms with E-state index in [-0.39, 0.29) is 5.41 Å². The summed E-state index contributed by atoms with van der Waals surface area (Å²) in [6.45, 7) is 4.60. The number of hydrogen-bond donors (Lipinski definition) is 0. The van der Waals surface area contributed by atoms with E-state index in [9.17, 15) is 0 Å². The first-order valence-corrected chi connectivity index (χ1v) is 20.1. The predicted octanol–water partition coefficient (Wildman–Crippen LogP) is 13.8. The van der Waals surface area contributed by atoms with Gasteiger partial charge in [0.05, 0.1) is 11.0 Å². The Hall–Kier alpha value is -7.63. The second kappa shape index (κ2) is 12.7. The van der Waals surface area contributed by atoms with Crippen LogP contribution >= 0.6 is 0 Å². The molecule has 1 aliphatic carbocycles. The lowest BCUT2D eigenvalue weighted by Gasteiger charge is -2.21. The molecule has 0 saturated carbocycles. The van der Waals surface area contributed by atoms with Crippen molar-refractivity contribution in [3.63, 3.8) is 0 Å². The summed E-state index contributed by atoms with van der Waals surface area (Å²) in [5.41, 5.74) is 15.4. The quantitative estimate of drug-likeness (QED) is 0.175. The van der Waals surface area contributed by atoms with Gasteiger partial charge in [-0.1, -0.05) is 135 Å². The first-order valence-electron chi connectivity index (χ1n) is 20.1. The topological polar surface area (TPSA) is 56.7 Å². The Kier molecular flexibility index (Phi) is 7.20. The lowest BCUT2D eigenvalue weighted by Crippen LogP contribution is -2.15. The third-order valence-electron chi connectivity index (χ3n) is 12.3. The SMILES string of the molecule is CC1(C)c2ccccc2-c2ccc(-c3nc(-c4ccccc4)nc(-c4ccc(-n5c6ccccc6c6ccc(-c7ccc8oc9ccccc9c8c7)cc65)cc4)n3)cc21. The van der Waals surface area contributed by atoms with Crippen molar-refractivity contribution in [2.24, 2.45) is 0 Å². The fourth-order valence-electron chi connectivity index (χ4n) is 9.29. The lowest BCUT2D eigenvalue weighted by atomic mass is 9.82. The van der Waals surface area contributed by atoms with Crippen LogP contribution in [0.2, 0.25) is 0 Å². The van der Waals surface area contributed by atoms with Crippen LogP contribution in [0.4, 0.5) is 0 Å². The molecule has 0 amide bonds. The lowest BCUT2D eigenvalue weighted by molar-refractivity contribution is 0.660. The molecule has 59 heavy (non-hydrogen) atoms. The molecule has 0 spiro atoms. The van der Waals surface area contributed by atoms with E-state index in [4.69, 9.17) is 19.4 Å². The number of para-hydroxylation sites is 2. The Labute approximate surface area is 340 Å². The molecule has 0 aliphatic heterocycles. The largest absolute Gasteiger partial charge is 0.456 e. The average molecular weight is 757 g/mol. The van der Waals surface area contributed by atoms with E-state index in [0.29, 0.717) is 17.5 Å². The zero-order valence-corrected chi connectivity index (χ0v) is 32.5. The standard InChI is InChI=1S/C54H36N4O/c1-54(2)45-17-9-6-14-39(45)40-27-23-37(31-46(40)54)53-56-51(33-12-4-3-5-13-33)55-52(57-53)34-20-25-38(26-21-34)58-47-18-10-7-15-41(47)42-28-22-36(32-48(42)58)35-24-29-50-44(30-35)43-16-8-11-19-49(43)59-50/h3-32H,1-2H3. The number of furan rings is 1. The van der Waals surface area contributed by atoms with Crippen molar-refractivity contribution < 1.29 is 4.42 Å². The molecule has 5 nitrogen and oxygen atoms in total. The van der Waals surface area contributed by atoms with Crippen molar-refractivity contribution >= 4 is 43.7 Å². The minimum Gasteiger partial charge on any atom is -0.456 e. The molecule has 5 heteroatoms. The van der Waals surface area contributed by atoms with Crippen molar-refractivity contribution in [2.45, 2.75) is 19.3 Å². The monoisotopic (exact) mass is 756 g/mol. The van der Waals surface area contributed by atoms with Gasteiger partial charge >= 0.3 is 0 Å². The normalized spacial score (nSPS) is 13.1. The summed E-state index contributed by atoms with van der Waals surface area (Å²) >= 11 is 0. The molecule has 3 aromatic heterocycles. The van der Waals surface area contributed by atoms with E-state index in [1.54, 1.807) is 0 Å². The van der Waals surface area contributed by atoms with E-state index in [1.807, 2.05) is 30.3 Å². The maximum absolute atomic E-state index is 6.15. The van der Waals surface area contributed by atoms with Gasteiger partial charge < -0.3 is 8.98 Å². The number of hydrogen-bond acceptors (Lipinski definition) is 4. The van der Waals surface area contributed by atoms with Crippen LogP contribution in [0.25, 0.3) is 106 Å². The minimum absolute atomic E-state index is 0.133. The Morgan fingerprint density at radius 2 is 0.966 bits per heavy atom. The summed E-state index contributed by atoms with van der Waals surface area (Å²) in [5.74, 6) is 1.94. The second-order valence-electron chi connectivity index (χ2n) is 16.0. The van der Waals surface area contributed by atoms with Gasteiger partial charge in [-0.25, -0.2) is 15.0 Å². The highest BCUT2D eigenvalue weighted by atomic mass is 16.3. The molecule has 3 heterocycles. The molecule has 1 aliphatic rings. The van der Waals surface area contributed by atoms with Crippen LogP contribution < -0.4 is 0 Å². The second-order valence-corrected chi connectivity index (χ2v) is 16.0. The van der Waals surface area contributed by atoms with Gasteiger partial charge in [0.15, 0.2) is 17.5 Å². The summed E-state index contributed by atoms with van der Waals surface area (Å²) in [7, 11) is 0. The third kappa shape index (κ3) is 5.21. The van der Waals surface area contributed by atoms with Crippen molar-refractivity contribution in [1.29, 1.82) is 0 Å². The van der Waals surface area contributed by atoms with E-state index >= 15 is 0 Å². The number of aromatic nitrogens is 4. The molecule has 0 unspecified atom stereocenters. The zero-order valence-electron chi connectivity index (χ0n) is 32.5. The maximum Gasteiger partial charge on any atom is 0.164 e.